The Hall–Kier alpha value is -2.54. The van der Waals surface area contributed by atoms with Gasteiger partial charge in [-0.1, -0.05) is 17.7 Å². The van der Waals surface area contributed by atoms with Gasteiger partial charge in [-0.2, -0.15) is 5.10 Å². The molecule has 2 heterocycles. The maximum atomic E-state index is 12.4. The van der Waals surface area contributed by atoms with Crippen LogP contribution in [-0.4, -0.2) is 44.9 Å². The van der Waals surface area contributed by atoms with Gasteiger partial charge in [0.1, 0.15) is 5.82 Å². The molecule has 0 radical (unpaired) electrons. The number of carbonyl (C=O) groups excluding carboxylic acids is 1. The van der Waals surface area contributed by atoms with Crippen molar-refractivity contribution in [2.75, 3.05) is 24.7 Å². The quantitative estimate of drug-likeness (QED) is 0.527. The first-order valence-corrected chi connectivity index (χ1v) is 9.55. The summed E-state index contributed by atoms with van der Waals surface area (Å²) in [7, 11) is 1.81. The van der Waals surface area contributed by atoms with Gasteiger partial charge in [0.2, 0.25) is 0 Å². The van der Waals surface area contributed by atoms with Crippen LogP contribution in [0.1, 0.15) is 17.8 Å². The van der Waals surface area contributed by atoms with Crippen LogP contribution in [0.5, 0.6) is 0 Å². The minimum Gasteiger partial charge on any atom is -0.328 e. The zero-order chi connectivity index (χ0) is 18.5. The molecular weight excluding hydrogens is 346 g/mol. The van der Waals surface area contributed by atoms with Crippen molar-refractivity contribution in [1.29, 1.82) is 0 Å². The Bertz CT molecular complexity index is 891. The number of urea groups is 1. The Labute approximate surface area is 157 Å². The number of fused-ring (bicyclic) bond motifs is 1. The van der Waals surface area contributed by atoms with Crippen LogP contribution in [0.25, 0.3) is 5.65 Å². The van der Waals surface area contributed by atoms with E-state index in [1.54, 1.807) is 16.5 Å². The van der Waals surface area contributed by atoms with E-state index in [1.165, 1.54) is 10.5 Å². The van der Waals surface area contributed by atoms with Crippen molar-refractivity contribution in [3.63, 3.8) is 0 Å². The van der Waals surface area contributed by atoms with Crippen molar-refractivity contribution in [2.24, 2.45) is 0 Å². The van der Waals surface area contributed by atoms with Crippen LogP contribution in [0.3, 0.4) is 0 Å². The van der Waals surface area contributed by atoms with Crippen molar-refractivity contribution in [3.05, 3.63) is 54.0 Å². The van der Waals surface area contributed by atoms with Crippen LogP contribution in [0, 0.1) is 13.8 Å². The summed E-state index contributed by atoms with van der Waals surface area (Å²) in [5.74, 6) is 1.65. The number of pyridine rings is 1. The standard InChI is InChI=1S/C19H23N5OS/c1-14-7-9-16(10-8-14)26-13-5-11-23(3)19(25)21-17-6-4-12-24-18(17)20-15(2)22-24/h4,6-10,12H,5,11,13H2,1-3H3,(H,21,25). The molecule has 0 spiro atoms. The fourth-order valence-electron chi connectivity index (χ4n) is 2.55. The molecule has 136 valence electrons. The molecule has 1 N–H and O–H groups in total. The minimum absolute atomic E-state index is 0.140. The van der Waals surface area contributed by atoms with Crippen molar-refractivity contribution in [2.45, 2.75) is 25.2 Å². The summed E-state index contributed by atoms with van der Waals surface area (Å²) in [6.45, 7) is 4.61. The molecule has 26 heavy (non-hydrogen) atoms. The van der Waals surface area contributed by atoms with Crippen molar-refractivity contribution >= 4 is 29.1 Å². The maximum absolute atomic E-state index is 12.4. The molecule has 3 rings (SSSR count). The molecular formula is C19H23N5OS. The Balaban J connectivity index is 1.49. The van der Waals surface area contributed by atoms with Gasteiger partial charge in [-0.3, -0.25) is 0 Å². The third-order valence-corrected chi connectivity index (χ3v) is 5.08. The highest BCUT2D eigenvalue weighted by Gasteiger charge is 2.12. The summed E-state index contributed by atoms with van der Waals surface area (Å²) in [5, 5.41) is 7.18. The minimum atomic E-state index is -0.140. The second-order valence-electron chi connectivity index (χ2n) is 6.22. The number of aryl methyl sites for hydroxylation is 2. The van der Waals surface area contributed by atoms with Crippen molar-refractivity contribution < 1.29 is 4.79 Å². The largest absolute Gasteiger partial charge is 0.328 e. The van der Waals surface area contributed by atoms with Crippen molar-refractivity contribution in [1.82, 2.24) is 19.5 Å². The fraction of sp³-hybridized carbons (Fsp3) is 0.316. The van der Waals surface area contributed by atoms with E-state index in [-0.39, 0.29) is 6.03 Å². The first kappa shape index (κ1) is 18.3. The molecule has 0 unspecified atom stereocenters. The normalized spacial score (nSPS) is 10.9. The Kier molecular flexibility index (Phi) is 5.78. The number of anilines is 1. The van der Waals surface area contributed by atoms with E-state index in [1.807, 2.05) is 37.0 Å². The Morgan fingerprint density at radius 2 is 2.00 bits per heavy atom. The number of thioether (sulfide) groups is 1. The number of nitrogens with zero attached hydrogens (tertiary/aromatic N) is 4. The van der Waals surface area contributed by atoms with Gasteiger partial charge in [-0.15, -0.1) is 11.8 Å². The van der Waals surface area contributed by atoms with Gasteiger partial charge in [-0.05, 0) is 50.3 Å². The van der Waals surface area contributed by atoms with Gasteiger partial charge in [0.15, 0.2) is 5.65 Å². The van der Waals surface area contributed by atoms with Crippen LogP contribution in [0.15, 0.2) is 47.5 Å². The van der Waals surface area contributed by atoms with E-state index in [0.717, 1.165) is 12.2 Å². The number of rotatable bonds is 6. The van der Waals surface area contributed by atoms with Gasteiger partial charge in [-0.25, -0.2) is 14.3 Å². The van der Waals surface area contributed by atoms with E-state index >= 15 is 0 Å². The molecule has 1 aromatic carbocycles. The van der Waals surface area contributed by atoms with E-state index in [9.17, 15) is 4.79 Å². The number of hydrogen-bond acceptors (Lipinski definition) is 4. The lowest BCUT2D eigenvalue weighted by Gasteiger charge is -2.18. The fourth-order valence-corrected chi connectivity index (χ4v) is 3.39. The van der Waals surface area contributed by atoms with Gasteiger partial charge >= 0.3 is 6.03 Å². The number of aromatic nitrogens is 3. The summed E-state index contributed by atoms with van der Waals surface area (Å²) in [6.07, 6.45) is 2.74. The van der Waals surface area contributed by atoms with Gasteiger partial charge in [0, 0.05) is 24.7 Å². The molecule has 0 saturated carbocycles. The third-order valence-electron chi connectivity index (χ3n) is 3.98. The molecule has 0 bridgehead atoms. The van der Waals surface area contributed by atoms with Gasteiger partial charge < -0.3 is 10.2 Å². The topological polar surface area (TPSA) is 62.5 Å². The van der Waals surface area contributed by atoms with Gasteiger partial charge in [0.25, 0.3) is 0 Å². The molecule has 0 aliphatic carbocycles. The van der Waals surface area contributed by atoms with Crippen LogP contribution in [0.4, 0.5) is 10.5 Å². The molecule has 0 saturated heterocycles. The van der Waals surface area contributed by atoms with Crippen LogP contribution in [0.2, 0.25) is 0 Å². The summed E-state index contributed by atoms with van der Waals surface area (Å²) >= 11 is 1.81. The number of nitrogens with one attached hydrogen (secondary N) is 1. The summed E-state index contributed by atoms with van der Waals surface area (Å²) in [5.41, 5.74) is 2.59. The molecule has 6 nitrogen and oxygen atoms in total. The summed E-state index contributed by atoms with van der Waals surface area (Å²) in [6, 6.07) is 12.1. The zero-order valence-electron chi connectivity index (χ0n) is 15.3. The second kappa shape index (κ2) is 8.23. The first-order chi connectivity index (χ1) is 12.5. The molecule has 2 aromatic heterocycles. The number of carbonyl (C=O) groups is 1. The molecule has 2 amide bonds. The number of benzene rings is 1. The molecule has 3 aromatic rings. The maximum Gasteiger partial charge on any atom is 0.321 e. The predicted octanol–water partition coefficient (Wildman–Crippen LogP) is 3.99. The van der Waals surface area contributed by atoms with Crippen LogP contribution < -0.4 is 5.32 Å². The highest BCUT2D eigenvalue weighted by Crippen LogP contribution is 2.19. The van der Waals surface area contributed by atoms with Crippen LogP contribution in [-0.2, 0) is 0 Å². The van der Waals surface area contributed by atoms with Crippen LogP contribution >= 0.6 is 11.8 Å². The molecule has 0 aliphatic heterocycles. The summed E-state index contributed by atoms with van der Waals surface area (Å²) < 4.78 is 1.67. The van der Waals surface area contributed by atoms with E-state index < -0.39 is 0 Å². The average Bonchev–Trinajstić information content (AvgIpc) is 3.01. The zero-order valence-corrected chi connectivity index (χ0v) is 16.1. The average molecular weight is 369 g/mol. The smallest absolute Gasteiger partial charge is 0.321 e. The Morgan fingerprint density at radius 3 is 2.77 bits per heavy atom. The third kappa shape index (κ3) is 4.54. The molecule has 0 fully saturated rings. The SMILES string of the molecule is Cc1ccc(SCCCN(C)C(=O)Nc2cccn3nc(C)nc23)cc1. The summed E-state index contributed by atoms with van der Waals surface area (Å²) in [4.78, 5) is 19.7. The molecule has 0 aliphatic rings. The monoisotopic (exact) mass is 369 g/mol. The Morgan fingerprint density at radius 1 is 1.23 bits per heavy atom. The lowest BCUT2D eigenvalue weighted by atomic mass is 10.2. The molecule has 0 atom stereocenters. The number of amides is 2. The highest BCUT2D eigenvalue weighted by atomic mass is 32.2. The van der Waals surface area contributed by atoms with Crippen molar-refractivity contribution in [3.8, 4) is 0 Å². The van der Waals surface area contributed by atoms with E-state index in [2.05, 4.69) is 46.6 Å². The van der Waals surface area contributed by atoms with Gasteiger partial charge in [0.05, 0.1) is 5.69 Å². The highest BCUT2D eigenvalue weighted by molar-refractivity contribution is 7.99. The predicted molar refractivity (Wildman–Crippen MR) is 106 cm³/mol. The first-order valence-electron chi connectivity index (χ1n) is 8.56. The van der Waals surface area contributed by atoms with E-state index in [4.69, 9.17) is 0 Å². The second-order valence-corrected chi connectivity index (χ2v) is 7.38. The molecule has 7 heteroatoms. The number of hydrogen-bond donors (Lipinski definition) is 1. The lowest BCUT2D eigenvalue weighted by molar-refractivity contribution is 0.222. The lowest BCUT2D eigenvalue weighted by Crippen LogP contribution is -2.32. The van der Waals surface area contributed by atoms with E-state index in [0.29, 0.717) is 23.7 Å².